The summed E-state index contributed by atoms with van der Waals surface area (Å²) >= 11 is 12.4. The van der Waals surface area contributed by atoms with Crippen LogP contribution < -0.4 is 4.74 Å². The summed E-state index contributed by atoms with van der Waals surface area (Å²) in [7, 11) is 0. The Labute approximate surface area is 244 Å². The summed E-state index contributed by atoms with van der Waals surface area (Å²) in [5.74, 6) is -1.25. The summed E-state index contributed by atoms with van der Waals surface area (Å²) < 4.78 is 13.2. The van der Waals surface area contributed by atoms with Crippen LogP contribution in [-0.4, -0.2) is 40.1 Å². The van der Waals surface area contributed by atoms with Gasteiger partial charge in [0.2, 0.25) is 5.91 Å². The Bertz CT molecular complexity index is 1360. The van der Waals surface area contributed by atoms with Gasteiger partial charge in [-0.15, -0.1) is 0 Å². The lowest BCUT2D eigenvalue weighted by molar-refractivity contribution is -0.186. The summed E-state index contributed by atoms with van der Waals surface area (Å²) in [6.45, 7) is 3.78. The Hall–Kier alpha value is -3.06. The fourth-order valence-corrected chi connectivity index (χ4v) is 6.27. The van der Waals surface area contributed by atoms with Crippen LogP contribution in [0.15, 0.2) is 72.8 Å². The van der Waals surface area contributed by atoms with Crippen molar-refractivity contribution in [3.8, 4) is 5.75 Å². The molecule has 0 bridgehead atoms. The molecule has 0 aromatic heterocycles. The number of aryl methyl sites for hydroxylation is 1. The van der Waals surface area contributed by atoms with Crippen molar-refractivity contribution in [1.82, 2.24) is 4.90 Å². The van der Waals surface area contributed by atoms with Crippen LogP contribution in [0.2, 0.25) is 10.0 Å². The highest BCUT2D eigenvalue weighted by atomic mass is 35.5. The minimum Gasteiger partial charge on any atom is -0.487 e. The van der Waals surface area contributed by atoms with E-state index in [1.165, 1.54) is 4.90 Å². The highest BCUT2D eigenvalue weighted by molar-refractivity contribution is 6.30. The van der Waals surface area contributed by atoms with E-state index in [0.29, 0.717) is 22.9 Å². The molecule has 1 amide bonds. The third-order valence-corrected chi connectivity index (χ3v) is 8.48. The molecule has 3 aromatic carbocycles. The largest absolute Gasteiger partial charge is 0.487 e. The number of hydrogen-bond donors (Lipinski definition) is 1. The topological polar surface area (TPSA) is 76.1 Å². The van der Waals surface area contributed by atoms with Crippen molar-refractivity contribution in [1.29, 1.82) is 0 Å². The van der Waals surface area contributed by atoms with E-state index in [-0.39, 0.29) is 24.5 Å². The smallest absolute Gasteiger partial charge is 0.323 e. The van der Waals surface area contributed by atoms with E-state index in [1.807, 2.05) is 56.3 Å². The first-order valence-corrected chi connectivity index (χ1v) is 14.3. The number of amides is 1. The Balaban J connectivity index is 1.48. The van der Waals surface area contributed by atoms with Crippen molar-refractivity contribution < 1.29 is 24.2 Å². The van der Waals surface area contributed by atoms with E-state index in [0.717, 1.165) is 28.9 Å². The molecule has 1 N–H and O–H groups in total. The molecule has 40 heavy (non-hydrogen) atoms. The van der Waals surface area contributed by atoms with E-state index in [4.69, 9.17) is 32.7 Å². The Morgan fingerprint density at radius 2 is 1.68 bits per heavy atom. The van der Waals surface area contributed by atoms with Crippen molar-refractivity contribution >= 4 is 35.1 Å². The molecule has 2 heterocycles. The molecule has 6 nitrogen and oxygen atoms in total. The average Bonchev–Trinajstić information content (AvgIpc) is 2.92. The van der Waals surface area contributed by atoms with Crippen LogP contribution in [0, 0.1) is 11.8 Å². The summed E-state index contributed by atoms with van der Waals surface area (Å²) in [6, 6.07) is 22.7. The SMILES string of the molecule is CC1(C)Oc2ccc(Cl)cc2[C@@H]2O[C@H](CCc3ccccc3)[C@H](C(=O)N(CC(=O)O)Cc3ccc(Cl)cc3)C[C@H]21. The number of halogens is 2. The number of ether oxygens (including phenoxy) is 2. The van der Waals surface area contributed by atoms with Gasteiger partial charge in [-0.3, -0.25) is 9.59 Å². The third-order valence-electron chi connectivity index (χ3n) is 7.99. The molecular weight excluding hydrogens is 549 g/mol. The summed E-state index contributed by atoms with van der Waals surface area (Å²) in [6.07, 6.45) is 1.12. The minimum atomic E-state index is -1.07. The molecule has 0 spiro atoms. The van der Waals surface area contributed by atoms with Gasteiger partial charge in [-0.05, 0) is 74.6 Å². The van der Waals surface area contributed by atoms with Crippen LogP contribution in [0.1, 0.15) is 49.5 Å². The number of nitrogens with zero attached hydrogens (tertiary/aromatic N) is 1. The first-order valence-electron chi connectivity index (χ1n) is 13.5. The maximum absolute atomic E-state index is 14.2. The molecule has 4 atom stereocenters. The number of aliphatic carboxylic acids is 1. The molecule has 0 aliphatic carbocycles. The number of benzene rings is 3. The zero-order valence-electron chi connectivity index (χ0n) is 22.6. The summed E-state index contributed by atoms with van der Waals surface area (Å²) in [4.78, 5) is 27.5. The van der Waals surface area contributed by atoms with Crippen LogP contribution in [-0.2, 0) is 27.3 Å². The van der Waals surface area contributed by atoms with E-state index in [9.17, 15) is 14.7 Å². The molecule has 1 fully saturated rings. The number of fused-ring (bicyclic) bond motifs is 3. The predicted molar refractivity (Wildman–Crippen MR) is 155 cm³/mol. The van der Waals surface area contributed by atoms with E-state index >= 15 is 0 Å². The van der Waals surface area contributed by atoms with Crippen LogP contribution >= 0.6 is 23.2 Å². The molecule has 0 radical (unpaired) electrons. The molecule has 2 aliphatic heterocycles. The molecule has 2 aliphatic rings. The van der Waals surface area contributed by atoms with Gasteiger partial charge < -0.3 is 19.5 Å². The minimum absolute atomic E-state index is 0.136. The van der Waals surface area contributed by atoms with Crippen molar-refractivity contribution in [3.05, 3.63) is 99.5 Å². The van der Waals surface area contributed by atoms with Gasteiger partial charge in [-0.2, -0.15) is 0 Å². The number of carbonyl (C=O) groups excluding carboxylic acids is 1. The van der Waals surface area contributed by atoms with Gasteiger partial charge in [-0.25, -0.2) is 0 Å². The van der Waals surface area contributed by atoms with Crippen LogP contribution in [0.25, 0.3) is 0 Å². The van der Waals surface area contributed by atoms with Gasteiger partial charge in [0.25, 0.3) is 0 Å². The number of rotatable bonds is 8. The van der Waals surface area contributed by atoms with Gasteiger partial charge in [-0.1, -0.05) is 65.7 Å². The number of carbonyl (C=O) groups is 2. The third kappa shape index (κ3) is 6.30. The van der Waals surface area contributed by atoms with Crippen LogP contribution in [0.5, 0.6) is 5.75 Å². The standard InChI is InChI=1S/C32H33Cl2NO5/c1-32(2)26-17-25(31(38)35(19-29(36)37)18-21-8-11-22(33)12-9-21)27(14-10-20-6-4-3-5-7-20)39-30(26)24-16-23(34)13-15-28(24)40-32/h3-9,11-13,15-16,25-27,30H,10,14,17-19H2,1-2H3,(H,36,37)/t25-,26-,27-,30+/m1/s1. The van der Waals surface area contributed by atoms with Crippen molar-refractivity contribution in [2.45, 2.75) is 57.5 Å². The van der Waals surface area contributed by atoms with Gasteiger partial charge >= 0.3 is 5.97 Å². The monoisotopic (exact) mass is 581 g/mol. The van der Waals surface area contributed by atoms with Gasteiger partial charge in [0.1, 0.15) is 17.9 Å². The molecule has 0 saturated carbocycles. The Morgan fingerprint density at radius 1 is 0.975 bits per heavy atom. The fraction of sp³-hybridized carbons (Fsp3) is 0.375. The van der Waals surface area contributed by atoms with Crippen LogP contribution in [0.3, 0.4) is 0 Å². The van der Waals surface area contributed by atoms with Crippen molar-refractivity contribution in [2.75, 3.05) is 6.54 Å². The molecule has 210 valence electrons. The zero-order valence-corrected chi connectivity index (χ0v) is 24.1. The predicted octanol–water partition coefficient (Wildman–Crippen LogP) is 6.97. The highest BCUT2D eigenvalue weighted by Gasteiger charge is 2.52. The lowest BCUT2D eigenvalue weighted by atomic mass is 9.71. The first-order chi connectivity index (χ1) is 19.1. The second kappa shape index (κ2) is 11.8. The molecular formula is C32H33Cl2NO5. The molecule has 3 aromatic rings. The number of hydrogen-bond acceptors (Lipinski definition) is 4. The normalized spacial score (nSPS) is 22.9. The quantitative estimate of drug-likeness (QED) is 0.311. The molecule has 1 saturated heterocycles. The summed E-state index contributed by atoms with van der Waals surface area (Å²) in [5, 5.41) is 10.9. The maximum Gasteiger partial charge on any atom is 0.323 e. The number of carboxylic acid groups (broad SMARTS) is 1. The summed E-state index contributed by atoms with van der Waals surface area (Å²) in [5.41, 5.74) is 2.23. The highest BCUT2D eigenvalue weighted by Crippen LogP contribution is 2.53. The average molecular weight is 583 g/mol. The van der Waals surface area contributed by atoms with E-state index in [1.54, 1.807) is 18.2 Å². The van der Waals surface area contributed by atoms with Crippen molar-refractivity contribution in [2.24, 2.45) is 11.8 Å². The van der Waals surface area contributed by atoms with Gasteiger partial charge in [0, 0.05) is 28.1 Å². The van der Waals surface area contributed by atoms with E-state index < -0.39 is 30.1 Å². The second-order valence-electron chi connectivity index (χ2n) is 11.2. The Kier molecular flexibility index (Phi) is 8.41. The molecule has 8 heteroatoms. The van der Waals surface area contributed by atoms with E-state index in [2.05, 4.69) is 12.1 Å². The van der Waals surface area contributed by atoms with Gasteiger partial charge in [0.05, 0.1) is 18.1 Å². The maximum atomic E-state index is 14.2. The zero-order chi connectivity index (χ0) is 28.4. The molecule has 0 unspecified atom stereocenters. The Morgan fingerprint density at radius 3 is 2.38 bits per heavy atom. The van der Waals surface area contributed by atoms with Crippen LogP contribution in [0.4, 0.5) is 0 Å². The second-order valence-corrected chi connectivity index (χ2v) is 12.0. The lowest BCUT2D eigenvalue weighted by Crippen LogP contribution is -2.54. The first kappa shape index (κ1) is 28.5. The van der Waals surface area contributed by atoms with Crippen molar-refractivity contribution in [3.63, 3.8) is 0 Å². The fourth-order valence-electron chi connectivity index (χ4n) is 5.96. The van der Waals surface area contributed by atoms with Gasteiger partial charge in [0.15, 0.2) is 0 Å². The lowest BCUT2D eigenvalue weighted by Gasteiger charge is -2.51. The molecule has 5 rings (SSSR count). The number of carboxylic acids is 1.